The van der Waals surface area contributed by atoms with Crippen LogP contribution >= 0.6 is 12.0 Å². The quantitative estimate of drug-likeness (QED) is 0.0824. The molecule has 0 bridgehead atoms. The summed E-state index contributed by atoms with van der Waals surface area (Å²) in [6.07, 6.45) is 4.40. The van der Waals surface area contributed by atoms with E-state index in [0.717, 1.165) is 56.6 Å². The molecule has 1 aliphatic carbocycles. The van der Waals surface area contributed by atoms with Crippen molar-refractivity contribution < 1.29 is 32.7 Å². The number of amides is 2. The first kappa shape index (κ1) is 32.9. The number of hydrogen-bond donors (Lipinski definition) is 4. The summed E-state index contributed by atoms with van der Waals surface area (Å²) in [5.74, 6) is -2.51. The first-order valence-electron chi connectivity index (χ1n) is 14.3. The summed E-state index contributed by atoms with van der Waals surface area (Å²) >= 11 is 0.901. The standard InChI is InChI=1S/C30H41F2N3O5S/c1-3-8-25(9-4-2)39-40-41-19-27(35-29(37)21-10-6-5-7-11-21)30(38)34-26(28(36)18-33-24-12-13-24)16-20-14-22(31)17-23(32)15-20/h5-7,10-11,14-15,17,24-28,33,36H,3-4,8-9,12-13,16,18-19H2,1-2H3,(H,34,38)(H,35,37)/t26-,27?,28+/m0/s1. The molecule has 2 amide bonds. The van der Waals surface area contributed by atoms with E-state index in [0.29, 0.717) is 11.6 Å². The number of rotatable bonds is 19. The van der Waals surface area contributed by atoms with Crippen molar-refractivity contribution in [3.05, 3.63) is 71.3 Å². The van der Waals surface area contributed by atoms with Crippen LogP contribution in [0.25, 0.3) is 0 Å². The topological polar surface area (TPSA) is 109 Å². The number of aliphatic hydroxyl groups excluding tert-OH is 1. The minimum Gasteiger partial charge on any atom is -0.390 e. The molecule has 4 N–H and O–H groups in total. The van der Waals surface area contributed by atoms with Crippen LogP contribution in [0.2, 0.25) is 0 Å². The Kier molecular flexibility index (Phi) is 14.0. The molecule has 3 atom stereocenters. The van der Waals surface area contributed by atoms with Gasteiger partial charge in [0, 0.05) is 36.3 Å². The van der Waals surface area contributed by atoms with E-state index in [2.05, 4.69) is 29.8 Å². The van der Waals surface area contributed by atoms with Crippen molar-refractivity contribution in [1.29, 1.82) is 0 Å². The third kappa shape index (κ3) is 12.1. The van der Waals surface area contributed by atoms with Gasteiger partial charge in [-0.15, -0.1) is 0 Å². The predicted molar refractivity (Wildman–Crippen MR) is 155 cm³/mol. The molecule has 0 radical (unpaired) electrons. The van der Waals surface area contributed by atoms with E-state index in [1.165, 1.54) is 12.1 Å². The van der Waals surface area contributed by atoms with Crippen LogP contribution in [0.1, 0.15) is 68.3 Å². The zero-order valence-corrected chi connectivity index (χ0v) is 24.4. The molecule has 41 heavy (non-hydrogen) atoms. The Morgan fingerprint density at radius 1 is 1.02 bits per heavy atom. The van der Waals surface area contributed by atoms with Gasteiger partial charge >= 0.3 is 0 Å². The lowest BCUT2D eigenvalue weighted by Gasteiger charge is -2.27. The second-order valence-corrected chi connectivity index (χ2v) is 11.1. The van der Waals surface area contributed by atoms with Crippen LogP contribution in [0.4, 0.5) is 8.78 Å². The van der Waals surface area contributed by atoms with Crippen LogP contribution in [-0.4, -0.2) is 59.6 Å². The maximum atomic E-state index is 13.9. The van der Waals surface area contributed by atoms with E-state index in [4.69, 9.17) is 9.22 Å². The van der Waals surface area contributed by atoms with Gasteiger partial charge in [-0.2, -0.15) is 4.33 Å². The fourth-order valence-corrected chi connectivity index (χ4v) is 4.94. The maximum absolute atomic E-state index is 13.9. The molecular weight excluding hydrogens is 552 g/mol. The lowest BCUT2D eigenvalue weighted by molar-refractivity contribution is -0.234. The van der Waals surface area contributed by atoms with Crippen LogP contribution in [0.3, 0.4) is 0 Å². The van der Waals surface area contributed by atoms with Gasteiger partial charge in [-0.3, -0.25) is 9.59 Å². The third-order valence-corrected chi connectivity index (χ3v) is 7.34. The van der Waals surface area contributed by atoms with Gasteiger partial charge in [0.2, 0.25) is 5.91 Å². The Labute approximate surface area is 245 Å². The molecule has 0 saturated heterocycles. The summed E-state index contributed by atoms with van der Waals surface area (Å²) in [6.45, 7) is 4.31. The molecule has 1 saturated carbocycles. The lowest BCUT2D eigenvalue weighted by Crippen LogP contribution is -2.55. The first-order valence-corrected chi connectivity index (χ1v) is 15.2. The van der Waals surface area contributed by atoms with E-state index >= 15 is 0 Å². The Balaban J connectivity index is 1.71. The molecule has 0 heterocycles. The zero-order chi connectivity index (χ0) is 29.6. The smallest absolute Gasteiger partial charge is 0.251 e. The average molecular weight is 594 g/mol. The maximum Gasteiger partial charge on any atom is 0.251 e. The lowest BCUT2D eigenvalue weighted by atomic mass is 10.00. The number of benzene rings is 2. The molecule has 0 aliphatic heterocycles. The molecule has 0 aromatic heterocycles. The Morgan fingerprint density at radius 3 is 2.29 bits per heavy atom. The van der Waals surface area contributed by atoms with Crippen LogP contribution in [-0.2, 0) is 20.4 Å². The number of nitrogens with one attached hydrogen (secondary N) is 3. The molecule has 0 spiro atoms. The van der Waals surface area contributed by atoms with Crippen molar-refractivity contribution >= 4 is 23.9 Å². The van der Waals surface area contributed by atoms with Gasteiger partial charge in [0.25, 0.3) is 5.91 Å². The Morgan fingerprint density at radius 2 is 1.68 bits per heavy atom. The fraction of sp³-hybridized carbons (Fsp3) is 0.533. The van der Waals surface area contributed by atoms with Crippen LogP contribution in [0.15, 0.2) is 48.5 Å². The average Bonchev–Trinajstić information content (AvgIpc) is 3.77. The molecule has 3 rings (SSSR count). The van der Waals surface area contributed by atoms with Crippen LogP contribution < -0.4 is 16.0 Å². The normalized spacial score (nSPS) is 15.4. The molecule has 1 aliphatic rings. The SMILES string of the molecule is CCCC(CCC)OOSCC(NC(=O)c1ccccc1)C(=O)N[C@@H](Cc1cc(F)cc(F)c1)[C@H](O)CNC1CC1. The molecule has 2 aromatic carbocycles. The first-order chi connectivity index (χ1) is 19.8. The highest BCUT2D eigenvalue weighted by Crippen LogP contribution is 2.19. The largest absolute Gasteiger partial charge is 0.390 e. The van der Waals surface area contributed by atoms with E-state index in [1.807, 2.05) is 0 Å². The van der Waals surface area contributed by atoms with E-state index in [-0.39, 0.29) is 30.4 Å². The van der Waals surface area contributed by atoms with Gasteiger partial charge in [-0.05, 0) is 61.9 Å². The summed E-state index contributed by atoms with van der Waals surface area (Å²) in [7, 11) is 0. The number of halogens is 2. The second kappa shape index (κ2) is 17.4. The summed E-state index contributed by atoms with van der Waals surface area (Å²) in [5, 5.41) is 19.7. The summed E-state index contributed by atoms with van der Waals surface area (Å²) < 4.78 is 33.1. The second-order valence-electron chi connectivity index (χ2n) is 10.4. The summed E-state index contributed by atoms with van der Waals surface area (Å²) in [4.78, 5) is 32.0. The fourth-order valence-electron chi connectivity index (χ4n) is 4.34. The monoisotopic (exact) mass is 593 g/mol. The molecule has 1 unspecified atom stereocenters. The van der Waals surface area contributed by atoms with Crippen molar-refractivity contribution in [2.75, 3.05) is 12.3 Å². The van der Waals surface area contributed by atoms with Gasteiger partial charge in [-0.25, -0.2) is 13.7 Å². The van der Waals surface area contributed by atoms with Crippen molar-refractivity contribution in [3.63, 3.8) is 0 Å². The van der Waals surface area contributed by atoms with E-state index in [1.54, 1.807) is 30.3 Å². The minimum atomic E-state index is -1.05. The van der Waals surface area contributed by atoms with E-state index < -0.39 is 41.6 Å². The van der Waals surface area contributed by atoms with Crippen LogP contribution in [0.5, 0.6) is 0 Å². The van der Waals surface area contributed by atoms with Gasteiger partial charge in [-0.1, -0.05) is 44.9 Å². The van der Waals surface area contributed by atoms with Gasteiger partial charge < -0.3 is 21.1 Å². The van der Waals surface area contributed by atoms with Crippen molar-refractivity contribution in [3.8, 4) is 0 Å². The van der Waals surface area contributed by atoms with Crippen LogP contribution in [0, 0.1) is 11.6 Å². The molecule has 2 aromatic rings. The Hall–Kier alpha value is -2.57. The van der Waals surface area contributed by atoms with E-state index in [9.17, 15) is 23.5 Å². The molecule has 11 heteroatoms. The van der Waals surface area contributed by atoms with Gasteiger partial charge in [0.05, 0.1) is 24.0 Å². The molecule has 1 fully saturated rings. The predicted octanol–water partition coefficient (Wildman–Crippen LogP) is 4.47. The number of hydrogen-bond acceptors (Lipinski definition) is 7. The number of carbonyl (C=O) groups is 2. The van der Waals surface area contributed by atoms with Crippen molar-refractivity contribution in [1.82, 2.24) is 16.0 Å². The molecule has 226 valence electrons. The highest BCUT2D eigenvalue weighted by atomic mass is 32.2. The van der Waals surface area contributed by atoms with Crippen molar-refractivity contribution in [2.45, 2.75) is 89.1 Å². The zero-order valence-electron chi connectivity index (χ0n) is 23.6. The minimum absolute atomic E-state index is 0.0181. The highest BCUT2D eigenvalue weighted by Gasteiger charge is 2.30. The number of aliphatic hydroxyl groups is 1. The molecule has 8 nitrogen and oxygen atoms in total. The highest BCUT2D eigenvalue weighted by molar-refractivity contribution is 7.94. The van der Waals surface area contributed by atoms with Gasteiger partial charge in [0.1, 0.15) is 17.7 Å². The Bertz CT molecular complexity index is 1070. The van der Waals surface area contributed by atoms with Gasteiger partial charge in [0.15, 0.2) is 0 Å². The number of carbonyl (C=O) groups excluding carboxylic acids is 2. The third-order valence-electron chi connectivity index (χ3n) is 6.70. The molecular formula is C30H41F2N3O5S. The summed E-state index contributed by atoms with van der Waals surface area (Å²) in [6, 6.07) is 9.95. The van der Waals surface area contributed by atoms with Crippen molar-refractivity contribution in [2.24, 2.45) is 0 Å². The summed E-state index contributed by atoms with van der Waals surface area (Å²) in [5.41, 5.74) is 0.658.